The summed E-state index contributed by atoms with van der Waals surface area (Å²) >= 11 is 0. The standard InChI is InChI=1S/C16H14F3N3O3/c1-10-13(6-3-7-14(10)22(24)25)21-15(23)9-20-12-5-2-4-11(8-12)16(17,18)19/h2-8,20H,9H2,1H3,(H,21,23). The van der Waals surface area contributed by atoms with Gasteiger partial charge in [0.2, 0.25) is 5.91 Å². The van der Waals surface area contributed by atoms with E-state index in [1.54, 1.807) is 0 Å². The van der Waals surface area contributed by atoms with Crippen LogP contribution in [0.5, 0.6) is 0 Å². The number of hydrogen-bond acceptors (Lipinski definition) is 4. The zero-order valence-corrected chi connectivity index (χ0v) is 13.1. The van der Waals surface area contributed by atoms with Gasteiger partial charge >= 0.3 is 6.18 Å². The van der Waals surface area contributed by atoms with Crippen molar-refractivity contribution in [1.29, 1.82) is 0 Å². The lowest BCUT2D eigenvalue weighted by Crippen LogP contribution is -2.22. The van der Waals surface area contributed by atoms with Crippen molar-refractivity contribution < 1.29 is 22.9 Å². The molecule has 2 N–H and O–H groups in total. The number of alkyl halides is 3. The molecule has 0 spiro atoms. The fourth-order valence-corrected chi connectivity index (χ4v) is 2.14. The van der Waals surface area contributed by atoms with Crippen molar-refractivity contribution in [2.45, 2.75) is 13.1 Å². The van der Waals surface area contributed by atoms with Gasteiger partial charge in [-0.3, -0.25) is 14.9 Å². The molecule has 0 aliphatic rings. The van der Waals surface area contributed by atoms with Crippen LogP contribution < -0.4 is 10.6 Å². The van der Waals surface area contributed by atoms with Crippen molar-refractivity contribution in [2.24, 2.45) is 0 Å². The molecule has 0 heterocycles. The fourth-order valence-electron chi connectivity index (χ4n) is 2.14. The third-order valence-electron chi connectivity index (χ3n) is 3.42. The molecule has 0 unspecified atom stereocenters. The Balaban J connectivity index is 2.03. The summed E-state index contributed by atoms with van der Waals surface area (Å²) < 4.78 is 37.9. The molecule has 1 amide bonds. The van der Waals surface area contributed by atoms with E-state index in [0.717, 1.165) is 12.1 Å². The lowest BCUT2D eigenvalue weighted by Gasteiger charge is -2.12. The molecule has 6 nitrogen and oxygen atoms in total. The maximum atomic E-state index is 12.6. The fraction of sp³-hybridized carbons (Fsp3) is 0.188. The Hall–Kier alpha value is -3.10. The number of halogens is 3. The Morgan fingerprint density at radius 2 is 1.88 bits per heavy atom. The highest BCUT2D eigenvalue weighted by atomic mass is 19.4. The van der Waals surface area contributed by atoms with Gasteiger partial charge in [-0.05, 0) is 31.2 Å². The summed E-state index contributed by atoms with van der Waals surface area (Å²) in [6.07, 6.45) is -4.47. The van der Waals surface area contributed by atoms with E-state index in [0.29, 0.717) is 5.56 Å². The van der Waals surface area contributed by atoms with Gasteiger partial charge in [0.15, 0.2) is 0 Å². The van der Waals surface area contributed by atoms with Gasteiger partial charge in [-0.2, -0.15) is 13.2 Å². The Bertz CT molecular complexity index is 807. The van der Waals surface area contributed by atoms with Crippen LogP contribution in [0.15, 0.2) is 42.5 Å². The molecule has 2 aromatic carbocycles. The molecule has 0 aliphatic heterocycles. The smallest absolute Gasteiger partial charge is 0.376 e. The van der Waals surface area contributed by atoms with Crippen molar-refractivity contribution >= 4 is 23.0 Å². The third kappa shape index (κ3) is 4.69. The molecule has 0 radical (unpaired) electrons. The van der Waals surface area contributed by atoms with Gasteiger partial charge < -0.3 is 10.6 Å². The average molecular weight is 353 g/mol. The number of nitro benzene ring substituents is 1. The van der Waals surface area contributed by atoms with E-state index in [-0.39, 0.29) is 23.6 Å². The van der Waals surface area contributed by atoms with Gasteiger partial charge in [-0.15, -0.1) is 0 Å². The molecule has 2 rings (SSSR count). The van der Waals surface area contributed by atoms with Crippen molar-refractivity contribution in [3.05, 3.63) is 63.7 Å². The SMILES string of the molecule is Cc1c(NC(=O)CNc2cccc(C(F)(F)F)c2)cccc1[N+](=O)[O-]. The van der Waals surface area contributed by atoms with Gasteiger partial charge in [0.1, 0.15) is 0 Å². The monoisotopic (exact) mass is 353 g/mol. The molecule has 0 fully saturated rings. The van der Waals surface area contributed by atoms with E-state index in [1.807, 2.05) is 0 Å². The molecule has 0 atom stereocenters. The van der Waals surface area contributed by atoms with Crippen LogP contribution in [0.1, 0.15) is 11.1 Å². The van der Waals surface area contributed by atoms with Gasteiger partial charge in [-0.25, -0.2) is 0 Å². The summed E-state index contributed by atoms with van der Waals surface area (Å²) in [6.45, 7) is 1.21. The zero-order valence-electron chi connectivity index (χ0n) is 13.1. The quantitative estimate of drug-likeness (QED) is 0.629. The maximum absolute atomic E-state index is 12.6. The lowest BCUT2D eigenvalue weighted by atomic mass is 10.1. The molecule has 0 saturated carbocycles. The second-order valence-electron chi connectivity index (χ2n) is 5.19. The first-order valence-electron chi connectivity index (χ1n) is 7.13. The summed E-state index contributed by atoms with van der Waals surface area (Å²) in [7, 11) is 0. The van der Waals surface area contributed by atoms with E-state index >= 15 is 0 Å². The maximum Gasteiger partial charge on any atom is 0.416 e. The number of carbonyl (C=O) groups is 1. The first-order valence-corrected chi connectivity index (χ1v) is 7.13. The van der Waals surface area contributed by atoms with Gasteiger partial charge in [0, 0.05) is 11.8 Å². The number of nitrogens with zero attached hydrogens (tertiary/aromatic N) is 1. The Kier molecular flexibility index (Phi) is 5.26. The molecule has 0 bridgehead atoms. The van der Waals surface area contributed by atoms with Crippen LogP contribution in [-0.4, -0.2) is 17.4 Å². The molecular weight excluding hydrogens is 339 g/mol. The predicted octanol–water partition coefficient (Wildman–Crippen LogP) is 3.97. The number of nitrogens with one attached hydrogen (secondary N) is 2. The molecular formula is C16H14F3N3O3. The lowest BCUT2D eigenvalue weighted by molar-refractivity contribution is -0.385. The molecule has 25 heavy (non-hydrogen) atoms. The van der Waals surface area contributed by atoms with E-state index < -0.39 is 22.6 Å². The van der Waals surface area contributed by atoms with Crippen LogP contribution in [0.25, 0.3) is 0 Å². The normalized spacial score (nSPS) is 11.0. The molecule has 0 aromatic heterocycles. The summed E-state index contributed by atoms with van der Waals surface area (Å²) in [6, 6.07) is 8.70. The Labute approximate surface area is 140 Å². The average Bonchev–Trinajstić information content (AvgIpc) is 2.54. The van der Waals surface area contributed by atoms with E-state index in [2.05, 4.69) is 10.6 Å². The van der Waals surface area contributed by atoms with Gasteiger partial charge in [-0.1, -0.05) is 12.1 Å². The minimum absolute atomic E-state index is 0.136. The van der Waals surface area contributed by atoms with Crippen molar-refractivity contribution in [2.75, 3.05) is 17.2 Å². The van der Waals surface area contributed by atoms with Gasteiger partial charge in [0.25, 0.3) is 5.69 Å². The Morgan fingerprint density at radius 3 is 2.52 bits per heavy atom. The van der Waals surface area contributed by atoms with Crippen molar-refractivity contribution in [3.8, 4) is 0 Å². The molecule has 0 aliphatic carbocycles. The van der Waals surface area contributed by atoms with E-state index in [4.69, 9.17) is 0 Å². The van der Waals surface area contributed by atoms with Crippen LogP contribution >= 0.6 is 0 Å². The van der Waals surface area contributed by atoms with Crippen LogP contribution in [0.3, 0.4) is 0 Å². The minimum atomic E-state index is -4.47. The second kappa shape index (κ2) is 7.20. The molecule has 0 saturated heterocycles. The number of amides is 1. The first kappa shape index (κ1) is 18.2. The van der Waals surface area contributed by atoms with Gasteiger partial charge in [0.05, 0.1) is 28.3 Å². The molecule has 9 heteroatoms. The molecule has 132 valence electrons. The summed E-state index contributed by atoms with van der Waals surface area (Å²) in [5.74, 6) is -0.541. The number of anilines is 2. The number of hydrogen-bond donors (Lipinski definition) is 2. The van der Waals surface area contributed by atoms with Crippen LogP contribution in [0.2, 0.25) is 0 Å². The van der Waals surface area contributed by atoms with Crippen LogP contribution in [0.4, 0.5) is 30.2 Å². The summed E-state index contributed by atoms with van der Waals surface area (Å²) in [5.41, 5.74) is -0.262. The summed E-state index contributed by atoms with van der Waals surface area (Å²) in [5, 5.41) is 16.0. The third-order valence-corrected chi connectivity index (χ3v) is 3.42. The van der Waals surface area contributed by atoms with Crippen molar-refractivity contribution in [3.63, 3.8) is 0 Å². The second-order valence-corrected chi connectivity index (χ2v) is 5.19. The highest BCUT2D eigenvalue weighted by Gasteiger charge is 2.30. The first-order chi connectivity index (χ1) is 11.7. The minimum Gasteiger partial charge on any atom is -0.376 e. The molecule has 2 aromatic rings. The van der Waals surface area contributed by atoms with E-state index in [9.17, 15) is 28.1 Å². The number of carbonyl (C=O) groups excluding carboxylic acids is 1. The van der Waals surface area contributed by atoms with Crippen LogP contribution in [0, 0.1) is 17.0 Å². The van der Waals surface area contributed by atoms with E-state index in [1.165, 1.54) is 37.3 Å². The van der Waals surface area contributed by atoms with Crippen LogP contribution in [-0.2, 0) is 11.0 Å². The Morgan fingerprint density at radius 1 is 1.20 bits per heavy atom. The topological polar surface area (TPSA) is 84.3 Å². The summed E-state index contributed by atoms with van der Waals surface area (Å²) in [4.78, 5) is 22.2. The highest BCUT2D eigenvalue weighted by Crippen LogP contribution is 2.30. The van der Waals surface area contributed by atoms with Crippen molar-refractivity contribution in [1.82, 2.24) is 0 Å². The predicted molar refractivity (Wildman–Crippen MR) is 86.4 cm³/mol. The highest BCUT2D eigenvalue weighted by molar-refractivity contribution is 5.94. The number of nitro groups is 1. The largest absolute Gasteiger partial charge is 0.416 e. The number of benzene rings is 2. The number of rotatable bonds is 5. The zero-order chi connectivity index (χ0) is 18.6.